The van der Waals surface area contributed by atoms with E-state index >= 15 is 0 Å². The fraction of sp³-hybridized carbons (Fsp3) is 0.600. The first-order valence-corrected chi connectivity index (χ1v) is 12.1. The Hall–Kier alpha value is -3.69. The van der Waals surface area contributed by atoms with Gasteiger partial charge in [0.05, 0.1) is 17.8 Å². The van der Waals surface area contributed by atoms with Gasteiger partial charge in [0.25, 0.3) is 0 Å². The number of nitriles is 1. The number of carbonyl (C=O) groups excluding carboxylic acids is 3. The quantitative estimate of drug-likeness (QED) is 0.606. The van der Waals surface area contributed by atoms with Crippen molar-refractivity contribution in [3.8, 4) is 6.07 Å². The lowest BCUT2D eigenvalue weighted by atomic mass is 9.85. The van der Waals surface area contributed by atoms with Crippen LogP contribution in [0.2, 0.25) is 0 Å². The molecule has 1 saturated carbocycles. The Morgan fingerprint density at radius 2 is 1.82 bits per heavy atom. The van der Waals surface area contributed by atoms with Gasteiger partial charge in [-0.3, -0.25) is 24.0 Å². The normalized spacial score (nSPS) is 23.8. The number of hydrogen-bond acceptors (Lipinski definition) is 6. The van der Waals surface area contributed by atoms with Crippen LogP contribution in [-0.2, 0) is 21.4 Å². The van der Waals surface area contributed by atoms with Crippen LogP contribution >= 0.6 is 0 Å². The number of aryl methyl sites for hydroxylation is 1. The molecule has 3 amide bonds. The highest BCUT2D eigenvalue weighted by Crippen LogP contribution is 2.65. The van der Waals surface area contributed by atoms with E-state index < -0.39 is 47.4 Å². The van der Waals surface area contributed by atoms with E-state index in [-0.39, 0.29) is 23.8 Å². The summed E-state index contributed by atoms with van der Waals surface area (Å²) < 4.78 is 40.7. The maximum Gasteiger partial charge on any atom is 0.471 e. The second-order valence-electron chi connectivity index (χ2n) is 11.7. The zero-order valence-corrected chi connectivity index (χ0v) is 21.9. The number of aromatic nitrogens is 3. The maximum atomic E-state index is 13.7. The Bertz CT molecular complexity index is 1340. The monoisotopic (exact) mass is 533 g/mol. The van der Waals surface area contributed by atoms with E-state index in [0.717, 1.165) is 0 Å². The summed E-state index contributed by atoms with van der Waals surface area (Å²) in [7, 11) is 1.69. The second kappa shape index (κ2) is 8.96. The van der Waals surface area contributed by atoms with Crippen molar-refractivity contribution >= 4 is 28.6 Å². The minimum Gasteiger partial charge on any atom is -0.336 e. The number of rotatable bonds is 5. The Balaban J connectivity index is 1.64. The fourth-order valence-electron chi connectivity index (χ4n) is 5.62. The lowest BCUT2D eigenvalue weighted by Crippen LogP contribution is -2.60. The van der Waals surface area contributed by atoms with E-state index in [1.54, 1.807) is 24.1 Å². The van der Waals surface area contributed by atoms with Crippen molar-refractivity contribution < 1.29 is 27.6 Å². The number of fused-ring (bicyclic) bond motifs is 2. The van der Waals surface area contributed by atoms with Crippen molar-refractivity contribution in [1.29, 1.82) is 5.26 Å². The maximum absolute atomic E-state index is 13.7. The molecule has 2 N–H and O–H groups in total. The third-order valence-corrected chi connectivity index (χ3v) is 7.80. The van der Waals surface area contributed by atoms with Crippen molar-refractivity contribution in [3.63, 3.8) is 0 Å². The number of hydrogen-bond donors (Lipinski definition) is 2. The van der Waals surface area contributed by atoms with Gasteiger partial charge in [0.2, 0.25) is 11.8 Å². The summed E-state index contributed by atoms with van der Waals surface area (Å²) in [6.45, 7) is 8.68. The van der Waals surface area contributed by atoms with Crippen molar-refractivity contribution in [2.45, 2.75) is 58.9 Å². The molecular formula is C25H30F3N7O3. The molecule has 10 nitrogen and oxygen atoms in total. The van der Waals surface area contributed by atoms with E-state index in [2.05, 4.69) is 21.5 Å². The average molecular weight is 534 g/mol. The minimum atomic E-state index is -5.17. The van der Waals surface area contributed by atoms with Crippen LogP contribution in [0.15, 0.2) is 18.6 Å². The SMILES string of the molecule is Cn1ncc2cncc(C(C#N)NC(=O)[C@@H]3[C@@H]4[C@H](CN3C(=O)[C@@H](NC(=O)C(F)(F)F)C(C)(C)C)C4(C)C)c21. The van der Waals surface area contributed by atoms with Crippen molar-refractivity contribution in [2.75, 3.05) is 6.54 Å². The molecule has 0 spiro atoms. The first-order chi connectivity index (χ1) is 17.5. The summed E-state index contributed by atoms with van der Waals surface area (Å²) >= 11 is 0. The number of amides is 3. The Morgan fingerprint density at radius 3 is 2.39 bits per heavy atom. The van der Waals surface area contributed by atoms with Gasteiger partial charge in [-0.1, -0.05) is 34.6 Å². The van der Waals surface area contributed by atoms with Crippen molar-refractivity contribution in [3.05, 3.63) is 24.2 Å². The number of likely N-dealkylation sites (tertiary alicyclic amines) is 1. The Kier molecular flexibility index (Phi) is 6.45. The molecule has 1 saturated heterocycles. The molecule has 2 aromatic heterocycles. The lowest BCUT2D eigenvalue weighted by molar-refractivity contribution is -0.176. The molecule has 3 heterocycles. The topological polar surface area (TPSA) is 133 Å². The number of nitrogens with zero attached hydrogens (tertiary/aromatic N) is 5. The molecule has 1 aliphatic carbocycles. The molecule has 13 heteroatoms. The van der Waals surface area contributed by atoms with E-state index in [9.17, 15) is 32.8 Å². The molecule has 0 aromatic carbocycles. The first-order valence-electron chi connectivity index (χ1n) is 12.1. The zero-order chi connectivity index (χ0) is 28.4. The van der Waals surface area contributed by atoms with Crippen LogP contribution in [0.1, 0.15) is 46.2 Å². The van der Waals surface area contributed by atoms with E-state index in [1.807, 2.05) is 19.2 Å². The van der Waals surface area contributed by atoms with Gasteiger partial charge in [0.1, 0.15) is 18.1 Å². The highest BCUT2D eigenvalue weighted by molar-refractivity contribution is 5.95. The fourth-order valence-corrected chi connectivity index (χ4v) is 5.62. The number of halogens is 3. The Morgan fingerprint density at radius 1 is 1.16 bits per heavy atom. The van der Waals surface area contributed by atoms with Crippen LogP contribution < -0.4 is 10.6 Å². The lowest BCUT2D eigenvalue weighted by Gasteiger charge is -2.37. The number of nitrogens with one attached hydrogen (secondary N) is 2. The van der Waals surface area contributed by atoms with Crippen LogP contribution in [0.25, 0.3) is 10.9 Å². The largest absolute Gasteiger partial charge is 0.471 e. The van der Waals surface area contributed by atoms with Gasteiger partial charge in [-0.15, -0.1) is 0 Å². The summed E-state index contributed by atoms with van der Waals surface area (Å²) in [6.07, 6.45) is -0.546. The summed E-state index contributed by atoms with van der Waals surface area (Å²) in [5.41, 5.74) is -0.321. The first kappa shape index (κ1) is 27.3. The van der Waals surface area contributed by atoms with Gasteiger partial charge < -0.3 is 15.5 Å². The third-order valence-electron chi connectivity index (χ3n) is 7.80. The molecule has 1 unspecified atom stereocenters. The van der Waals surface area contributed by atoms with Crippen LogP contribution in [0.3, 0.4) is 0 Å². The van der Waals surface area contributed by atoms with Crippen LogP contribution in [0.4, 0.5) is 13.2 Å². The van der Waals surface area contributed by atoms with E-state index in [1.165, 1.54) is 31.9 Å². The molecule has 1 aliphatic heterocycles. The number of pyridine rings is 1. The smallest absolute Gasteiger partial charge is 0.336 e. The highest BCUT2D eigenvalue weighted by Gasteiger charge is 2.70. The summed E-state index contributed by atoms with van der Waals surface area (Å²) in [4.78, 5) is 44.4. The number of carbonyl (C=O) groups is 3. The molecule has 2 aromatic rings. The molecule has 4 rings (SSSR count). The van der Waals surface area contributed by atoms with Crippen molar-refractivity contribution in [2.24, 2.45) is 29.7 Å². The van der Waals surface area contributed by atoms with Crippen LogP contribution in [0.5, 0.6) is 0 Å². The molecule has 2 fully saturated rings. The van der Waals surface area contributed by atoms with Gasteiger partial charge in [-0.2, -0.15) is 23.5 Å². The predicted molar refractivity (Wildman–Crippen MR) is 129 cm³/mol. The van der Waals surface area contributed by atoms with Crippen LogP contribution in [0, 0.1) is 34.0 Å². The standard InChI is InChI=1S/C25H30F3N7O3/c1-23(2,3)19(33-22(38)25(26,27)28)21(37)35-11-14-16(24(14,4)5)18(35)20(36)32-15(7-29)13-10-30-8-12-9-31-34(6)17(12)13/h8-10,14-16,18-19H,11H2,1-6H3,(H,32,36)(H,33,38)/t14-,15?,16-,18-,19+/m0/s1. The van der Waals surface area contributed by atoms with Gasteiger partial charge >= 0.3 is 12.1 Å². The zero-order valence-electron chi connectivity index (χ0n) is 21.9. The molecular weight excluding hydrogens is 503 g/mol. The minimum absolute atomic E-state index is 0.0520. The van der Waals surface area contributed by atoms with Gasteiger partial charge in [0.15, 0.2) is 0 Å². The Labute approximate surface area is 217 Å². The van der Waals surface area contributed by atoms with Gasteiger partial charge in [-0.05, 0) is 22.7 Å². The number of piperidine rings is 1. The van der Waals surface area contributed by atoms with Gasteiger partial charge in [0, 0.05) is 36.9 Å². The van der Waals surface area contributed by atoms with Crippen molar-refractivity contribution in [1.82, 2.24) is 30.3 Å². The summed E-state index contributed by atoms with van der Waals surface area (Å²) in [6, 6.07) is -1.59. The second-order valence-corrected chi connectivity index (χ2v) is 11.7. The van der Waals surface area contributed by atoms with E-state index in [4.69, 9.17) is 0 Å². The van der Waals surface area contributed by atoms with Crippen LogP contribution in [-0.4, -0.2) is 62.2 Å². The summed E-state index contributed by atoms with van der Waals surface area (Å²) in [5.74, 6) is -3.91. The molecule has 5 atom stereocenters. The summed E-state index contributed by atoms with van der Waals surface area (Å²) in [5, 5.41) is 19.3. The highest BCUT2D eigenvalue weighted by atomic mass is 19.4. The average Bonchev–Trinajstić information content (AvgIpc) is 3.16. The molecule has 0 radical (unpaired) electrons. The number of alkyl halides is 3. The third kappa shape index (κ3) is 4.56. The van der Waals surface area contributed by atoms with Gasteiger partial charge in [-0.25, -0.2) is 0 Å². The molecule has 2 aliphatic rings. The molecule has 204 valence electrons. The predicted octanol–water partition coefficient (Wildman–Crippen LogP) is 2.23. The molecule has 38 heavy (non-hydrogen) atoms. The molecule has 0 bridgehead atoms. The van der Waals surface area contributed by atoms with E-state index in [0.29, 0.717) is 16.5 Å².